The molecule has 1 amide bonds. The van der Waals surface area contributed by atoms with E-state index >= 15 is 0 Å². The molecule has 1 unspecified atom stereocenters. The van der Waals surface area contributed by atoms with Crippen molar-refractivity contribution >= 4 is 25.6 Å². The third-order valence-electron chi connectivity index (χ3n) is 3.28. The fourth-order valence-corrected chi connectivity index (χ4v) is 2.80. The molecule has 1 saturated heterocycles. The second-order valence-electron chi connectivity index (χ2n) is 4.66. The van der Waals surface area contributed by atoms with Crippen LogP contribution < -0.4 is 0 Å². The minimum Gasteiger partial charge on any atom is -0.341 e. The fourth-order valence-electron chi connectivity index (χ4n) is 2.15. The molecule has 106 valence electrons. The van der Waals surface area contributed by atoms with Crippen LogP contribution in [0.15, 0.2) is 17.3 Å². The van der Waals surface area contributed by atoms with Crippen LogP contribution >= 0.6 is 10.7 Å². The summed E-state index contributed by atoms with van der Waals surface area (Å²) >= 11 is 0. The van der Waals surface area contributed by atoms with Crippen LogP contribution in [0, 0.1) is 0 Å². The van der Waals surface area contributed by atoms with Crippen LogP contribution in [0.2, 0.25) is 0 Å². The van der Waals surface area contributed by atoms with Crippen LogP contribution in [0.3, 0.4) is 0 Å². The molecular weight excluding hydrogens is 290 g/mol. The summed E-state index contributed by atoms with van der Waals surface area (Å²) in [5.74, 6) is -0.0404. The summed E-state index contributed by atoms with van der Waals surface area (Å²) in [5, 5.41) is 3.90. The highest BCUT2D eigenvalue weighted by Gasteiger charge is 2.25. The van der Waals surface area contributed by atoms with Gasteiger partial charge in [0, 0.05) is 30.0 Å². The van der Waals surface area contributed by atoms with Gasteiger partial charge in [0.2, 0.25) is 5.91 Å². The Hall–Kier alpha value is -1.08. The van der Waals surface area contributed by atoms with Gasteiger partial charge in [-0.25, -0.2) is 8.42 Å². The first kappa shape index (κ1) is 14.3. The number of aromatic nitrogens is 2. The molecule has 0 bridgehead atoms. The number of carbonyl (C=O) groups is 1. The Morgan fingerprint density at radius 1 is 1.37 bits per heavy atom. The van der Waals surface area contributed by atoms with Crippen LogP contribution in [0.1, 0.15) is 32.2 Å². The van der Waals surface area contributed by atoms with Crippen molar-refractivity contribution in [3.63, 3.8) is 0 Å². The largest absolute Gasteiger partial charge is 0.341 e. The van der Waals surface area contributed by atoms with E-state index < -0.39 is 15.1 Å². The summed E-state index contributed by atoms with van der Waals surface area (Å²) in [7, 11) is 1.43. The molecule has 1 aliphatic rings. The first-order valence-electron chi connectivity index (χ1n) is 6.17. The molecule has 1 fully saturated rings. The lowest BCUT2D eigenvalue weighted by Gasteiger charge is -2.29. The highest BCUT2D eigenvalue weighted by atomic mass is 35.7. The second-order valence-corrected chi connectivity index (χ2v) is 7.22. The summed E-state index contributed by atoms with van der Waals surface area (Å²) in [5.41, 5.74) is 0. The molecule has 0 aromatic carbocycles. The van der Waals surface area contributed by atoms with Gasteiger partial charge in [-0.1, -0.05) is 0 Å². The lowest BCUT2D eigenvalue weighted by molar-refractivity contribution is -0.135. The van der Waals surface area contributed by atoms with Crippen LogP contribution in [-0.4, -0.2) is 42.1 Å². The van der Waals surface area contributed by atoms with Crippen molar-refractivity contribution in [3.05, 3.63) is 12.4 Å². The molecule has 6 nitrogen and oxygen atoms in total. The van der Waals surface area contributed by atoms with Crippen molar-refractivity contribution in [1.29, 1.82) is 0 Å². The highest BCUT2D eigenvalue weighted by Crippen LogP contribution is 2.18. The number of likely N-dealkylation sites (tertiary alicyclic amines) is 1. The summed E-state index contributed by atoms with van der Waals surface area (Å²) < 4.78 is 23.7. The lowest BCUT2D eigenvalue weighted by atomic mass is 10.1. The highest BCUT2D eigenvalue weighted by molar-refractivity contribution is 8.13. The Labute approximate surface area is 116 Å². The predicted molar refractivity (Wildman–Crippen MR) is 70.4 cm³/mol. The monoisotopic (exact) mass is 305 g/mol. The molecule has 2 heterocycles. The Bertz CT molecular complexity index is 563. The first-order chi connectivity index (χ1) is 8.89. The Kier molecular flexibility index (Phi) is 4.15. The van der Waals surface area contributed by atoms with E-state index in [2.05, 4.69) is 5.10 Å². The zero-order valence-electron chi connectivity index (χ0n) is 10.6. The molecule has 0 spiro atoms. The molecule has 0 radical (unpaired) electrons. The van der Waals surface area contributed by atoms with Gasteiger partial charge in [0.25, 0.3) is 9.05 Å². The molecule has 0 aliphatic carbocycles. The van der Waals surface area contributed by atoms with E-state index in [9.17, 15) is 13.2 Å². The van der Waals surface area contributed by atoms with Crippen molar-refractivity contribution in [2.45, 2.75) is 37.1 Å². The number of nitrogens with zero attached hydrogens (tertiary/aromatic N) is 3. The van der Waals surface area contributed by atoms with Gasteiger partial charge in [0.1, 0.15) is 10.9 Å². The van der Waals surface area contributed by atoms with Gasteiger partial charge in [0.15, 0.2) is 0 Å². The average Bonchev–Trinajstić information content (AvgIpc) is 2.87. The van der Waals surface area contributed by atoms with Gasteiger partial charge in [-0.2, -0.15) is 5.10 Å². The van der Waals surface area contributed by atoms with Crippen LogP contribution in [0.4, 0.5) is 0 Å². The SMILES string of the molecule is CC(C(=O)N1CCCCC1)n1cc(S(=O)(=O)Cl)cn1. The predicted octanol–water partition coefficient (Wildman–Crippen LogP) is 1.38. The fraction of sp³-hybridized carbons (Fsp3) is 0.636. The molecule has 19 heavy (non-hydrogen) atoms. The van der Waals surface area contributed by atoms with E-state index in [1.54, 1.807) is 11.8 Å². The average molecular weight is 306 g/mol. The molecule has 1 aromatic heterocycles. The van der Waals surface area contributed by atoms with Crippen LogP contribution in [0.5, 0.6) is 0 Å². The van der Waals surface area contributed by atoms with E-state index in [1.165, 1.54) is 10.9 Å². The molecule has 0 saturated carbocycles. The number of piperidine rings is 1. The third kappa shape index (κ3) is 3.27. The van der Waals surface area contributed by atoms with Gasteiger partial charge in [0.05, 0.1) is 6.20 Å². The Morgan fingerprint density at radius 2 is 2.00 bits per heavy atom. The molecule has 1 aliphatic heterocycles. The number of hydrogen-bond donors (Lipinski definition) is 0. The van der Waals surface area contributed by atoms with E-state index in [0.717, 1.165) is 38.5 Å². The standard InChI is InChI=1S/C11H16ClN3O3S/c1-9(11(16)14-5-3-2-4-6-14)15-8-10(7-13-15)19(12,17)18/h7-9H,2-6H2,1H3. The summed E-state index contributed by atoms with van der Waals surface area (Å²) in [4.78, 5) is 13.9. The Balaban J connectivity index is 2.12. The van der Waals surface area contributed by atoms with Crippen LogP contribution in [-0.2, 0) is 13.8 Å². The maximum atomic E-state index is 12.2. The summed E-state index contributed by atoms with van der Waals surface area (Å²) in [6.07, 6.45) is 5.61. The van der Waals surface area contributed by atoms with Crippen LogP contribution in [0.25, 0.3) is 0 Å². The lowest BCUT2D eigenvalue weighted by Crippen LogP contribution is -2.39. The quantitative estimate of drug-likeness (QED) is 0.791. The van der Waals surface area contributed by atoms with Gasteiger partial charge >= 0.3 is 0 Å². The second kappa shape index (κ2) is 5.50. The summed E-state index contributed by atoms with van der Waals surface area (Å²) in [6.45, 7) is 3.21. The maximum absolute atomic E-state index is 12.2. The van der Waals surface area contributed by atoms with Crippen molar-refractivity contribution in [3.8, 4) is 0 Å². The normalized spacial score (nSPS) is 18.3. The Morgan fingerprint density at radius 3 is 2.53 bits per heavy atom. The molecule has 8 heteroatoms. The smallest absolute Gasteiger partial charge is 0.264 e. The minimum absolute atomic E-state index is 0.0404. The molecule has 1 atom stereocenters. The molecule has 2 rings (SSSR count). The van der Waals surface area contributed by atoms with E-state index in [1.807, 2.05) is 0 Å². The zero-order chi connectivity index (χ0) is 14.0. The minimum atomic E-state index is -3.80. The van der Waals surface area contributed by atoms with Crippen molar-refractivity contribution < 1.29 is 13.2 Å². The van der Waals surface area contributed by atoms with Gasteiger partial charge in [-0.05, 0) is 26.2 Å². The number of halogens is 1. The maximum Gasteiger partial charge on any atom is 0.264 e. The topological polar surface area (TPSA) is 72.3 Å². The third-order valence-corrected chi connectivity index (χ3v) is 4.59. The zero-order valence-corrected chi connectivity index (χ0v) is 12.2. The van der Waals surface area contributed by atoms with E-state index in [-0.39, 0.29) is 10.8 Å². The van der Waals surface area contributed by atoms with Crippen molar-refractivity contribution in [2.75, 3.05) is 13.1 Å². The van der Waals surface area contributed by atoms with Gasteiger partial charge in [-0.3, -0.25) is 9.48 Å². The van der Waals surface area contributed by atoms with E-state index in [0.29, 0.717) is 0 Å². The van der Waals surface area contributed by atoms with Crippen molar-refractivity contribution in [2.24, 2.45) is 0 Å². The molecular formula is C11H16ClN3O3S. The number of rotatable bonds is 3. The number of hydrogen-bond acceptors (Lipinski definition) is 4. The summed E-state index contributed by atoms with van der Waals surface area (Å²) in [6, 6.07) is -0.523. The first-order valence-corrected chi connectivity index (χ1v) is 8.48. The van der Waals surface area contributed by atoms with Gasteiger partial charge < -0.3 is 4.90 Å². The van der Waals surface area contributed by atoms with Gasteiger partial charge in [-0.15, -0.1) is 0 Å². The van der Waals surface area contributed by atoms with Crippen molar-refractivity contribution in [1.82, 2.24) is 14.7 Å². The number of amides is 1. The van der Waals surface area contributed by atoms with E-state index in [4.69, 9.17) is 10.7 Å². The molecule has 1 aromatic rings. The molecule has 0 N–H and O–H groups in total. The number of carbonyl (C=O) groups excluding carboxylic acids is 1.